The van der Waals surface area contributed by atoms with Gasteiger partial charge in [0, 0.05) is 36.2 Å². The summed E-state index contributed by atoms with van der Waals surface area (Å²) in [7, 11) is 3.66. The summed E-state index contributed by atoms with van der Waals surface area (Å²) in [6.07, 6.45) is 7.10. The molecular formula is C19H18ClN5OS. The molecule has 3 heterocycles. The van der Waals surface area contributed by atoms with Crippen molar-refractivity contribution in [2.75, 3.05) is 19.1 Å². The molecule has 0 saturated heterocycles. The van der Waals surface area contributed by atoms with Gasteiger partial charge in [-0.15, -0.1) is 23.7 Å². The Morgan fingerprint density at radius 1 is 1.15 bits per heavy atom. The largest absolute Gasteiger partial charge is 0.497 e. The molecule has 0 amide bonds. The van der Waals surface area contributed by atoms with Crippen molar-refractivity contribution in [2.24, 2.45) is 0 Å². The Hall–Kier alpha value is -2.90. The minimum atomic E-state index is 0. The molecule has 27 heavy (non-hydrogen) atoms. The van der Waals surface area contributed by atoms with Gasteiger partial charge in [-0.05, 0) is 35.7 Å². The highest BCUT2D eigenvalue weighted by molar-refractivity contribution is 7.13. The maximum atomic E-state index is 5.25. The van der Waals surface area contributed by atoms with Crippen molar-refractivity contribution in [1.29, 1.82) is 0 Å². The van der Waals surface area contributed by atoms with E-state index in [0.29, 0.717) is 5.95 Å². The number of imidazole rings is 1. The summed E-state index contributed by atoms with van der Waals surface area (Å²) >= 11 is 1.67. The van der Waals surface area contributed by atoms with Crippen LogP contribution >= 0.6 is 23.7 Å². The first kappa shape index (κ1) is 18.9. The Kier molecular flexibility index (Phi) is 5.73. The molecule has 0 radical (unpaired) electrons. The molecule has 0 saturated carbocycles. The van der Waals surface area contributed by atoms with Gasteiger partial charge in [0.25, 0.3) is 0 Å². The zero-order chi connectivity index (χ0) is 17.9. The van der Waals surface area contributed by atoms with Crippen molar-refractivity contribution in [1.82, 2.24) is 19.5 Å². The first-order valence-corrected chi connectivity index (χ1v) is 8.91. The van der Waals surface area contributed by atoms with E-state index >= 15 is 0 Å². The van der Waals surface area contributed by atoms with Crippen LogP contribution in [0.2, 0.25) is 0 Å². The molecule has 6 nitrogen and oxygen atoms in total. The smallest absolute Gasteiger partial charge is 0.236 e. The average molecular weight is 400 g/mol. The van der Waals surface area contributed by atoms with Crippen LogP contribution in [0.4, 0.5) is 11.5 Å². The van der Waals surface area contributed by atoms with Crippen LogP contribution in [0, 0.1) is 0 Å². The van der Waals surface area contributed by atoms with Gasteiger partial charge in [-0.1, -0.05) is 6.07 Å². The van der Waals surface area contributed by atoms with E-state index < -0.39 is 0 Å². The second kappa shape index (κ2) is 8.20. The van der Waals surface area contributed by atoms with E-state index in [1.54, 1.807) is 35.5 Å². The van der Waals surface area contributed by atoms with E-state index in [4.69, 9.17) is 9.72 Å². The van der Waals surface area contributed by atoms with Crippen molar-refractivity contribution < 1.29 is 4.74 Å². The summed E-state index contributed by atoms with van der Waals surface area (Å²) in [5, 5.41) is 2.05. The molecule has 4 rings (SSSR count). The fourth-order valence-corrected chi connectivity index (χ4v) is 3.39. The first-order chi connectivity index (χ1) is 12.8. The van der Waals surface area contributed by atoms with Gasteiger partial charge in [-0.2, -0.15) is 4.98 Å². The standard InChI is InChI=1S/C19H17N5OS.ClH/c1-23(14-5-7-15(25-2)8-6-14)18-16(17-4-3-11-26-17)12-21-19(22-18)24-10-9-20-13-24;/h3-13H,1-2H3;1H. The van der Waals surface area contributed by atoms with Gasteiger partial charge in [0.2, 0.25) is 5.95 Å². The number of hydrogen-bond acceptors (Lipinski definition) is 6. The maximum Gasteiger partial charge on any atom is 0.236 e. The Morgan fingerprint density at radius 2 is 1.96 bits per heavy atom. The van der Waals surface area contributed by atoms with Crippen molar-refractivity contribution in [3.05, 3.63) is 66.7 Å². The van der Waals surface area contributed by atoms with E-state index in [0.717, 1.165) is 27.7 Å². The van der Waals surface area contributed by atoms with Gasteiger partial charge in [-0.25, -0.2) is 9.97 Å². The van der Waals surface area contributed by atoms with Gasteiger partial charge < -0.3 is 9.64 Å². The zero-order valence-electron chi connectivity index (χ0n) is 14.8. The summed E-state index contributed by atoms with van der Waals surface area (Å²) in [6.45, 7) is 0. The quantitative estimate of drug-likeness (QED) is 0.491. The third-order valence-electron chi connectivity index (χ3n) is 4.06. The zero-order valence-corrected chi connectivity index (χ0v) is 16.4. The number of halogens is 1. The van der Waals surface area contributed by atoms with Gasteiger partial charge in [0.05, 0.1) is 12.7 Å². The number of nitrogens with zero attached hydrogens (tertiary/aromatic N) is 5. The van der Waals surface area contributed by atoms with Crippen LogP contribution in [0.25, 0.3) is 16.4 Å². The van der Waals surface area contributed by atoms with Gasteiger partial charge in [0.1, 0.15) is 17.9 Å². The molecule has 1 aromatic carbocycles. The summed E-state index contributed by atoms with van der Waals surface area (Å²) < 4.78 is 7.05. The lowest BCUT2D eigenvalue weighted by atomic mass is 10.2. The van der Waals surface area contributed by atoms with Crippen molar-refractivity contribution in [2.45, 2.75) is 0 Å². The van der Waals surface area contributed by atoms with Crippen LogP contribution in [0.15, 0.2) is 66.7 Å². The fourth-order valence-electron chi connectivity index (χ4n) is 2.66. The Bertz CT molecular complexity index is 988. The van der Waals surface area contributed by atoms with Crippen LogP contribution in [0.1, 0.15) is 0 Å². The maximum absolute atomic E-state index is 5.25. The van der Waals surface area contributed by atoms with Crippen LogP contribution in [0.5, 0.6) is 5.75 Å². The third-order valence-corrected chi connectivity index (χ3v) is 4.96. The van der Waals surface area contributed by atoms with Gasteiger partial charge in [-0.3, -0.25) is 4.57 Å². The topological polar surface area (TPSA) is 56.1 Å². The number of hydrogen-bond donors (Lipinski definition) is 0. The summed E-state index contributed by atoms with van der Waals surface area (Å²) in [4.78, 5) is 16.6. The molecule has 0 atom stereocenters. The van der Waals surface area contributed by atoms with Gasteiger partial charge in [0.15, 0.2) is 0 Å². The summed E-state index contributed by atoms with van der Waals surface area (Å²) in [5.41, 5.74) is 2.00. The van der Waals surface area contributed by atoms with E-state index in [1.165, 1.54) is 0 Å². The van der Waals surface area contributed by atoms with Crippen molar-refractivity contribution in [3.63, 3.8) is 0 Å². The van der Waals surface area contributed by atoms with E-state index in [2.05, 4.69) is 26.3 Å². The molecule has 0 unspecified atom stereocenters. The molecule has 0 bridgehead atoms. The predicted molar refractivity (Wildman–Crippen MR) is 111 cm³/mol. The molecule has 0 N–H and O–H groups in total. The summed E-state index contributed by atoms with van der Waals surface area (Å²) in [5.74, 6) is 2.23. The molecule has 0 fully saturated rings. The number of anilines is 2. The molecule has 4 aromatic rings. The number of benzene rings is 1. The molecule has 138 valence electrons. The Morgan fingerprint density at radius 3 is 2.59 bits per heavy atom. The molecule has 0 spiro atoms. The second-order valence-electron chi connectivity index (χ2n) is 5.61. The lowest BCUT2D eigenvalue weighted by Crippen LogP contribution is -2.14. The number of rotatable bonds is 5. The molecule has 0 aliphatic carbocycles. The fraction of sp³-hybridized carbons (Fsp3) is 0.105. The predicted octanol–water partition coefficient (Wildman–Crippen LogP) is 4.59. The minimum absolute atomic E-state index is 0. The summed E-state index contributed by atoms with van der Waals surface area (Å²) in [6, 6.07) is 12.0. The number of ether oxygens (including phenoxy) is 1. The lowest BCUT2D eigenvalue weighted by Gasteiger charge is -2.21. The van der Waals surface area contributed by atoms with Crippen LogP contribution in [0.3, 0.4) is 0 Å². The Balaban J connectivity index is 0.00000210. The van der Waals surface area contributed by atoms with Crippen molar-refractivity contribution in [3.8, 4) is 22.1 Å². The van der Waals surface area contributed by atoms with Crippen LogP contribution in [-0.4, -0.2) is 33.7 Å². The molecule has 8 heteroatoms. The molecular weight excluding hydrogens is 382 g/mol. The second-order valence-corrected chi connectivity index (χ2v) is 6.56. The Labute approximate surface area is 167 Å². The van der Waals surface area contributed by atoms with E-state index in [-0.39, 0.29) is 12.4 Å². The highest BCUT2D eigenvalue weighted by Gasteiger charge is 2.16. The lowest BCUT2D eigenvalue weighted by molar-refractivity contribution is 0.415. The van der Waals surface area contributed by atoms with E-state index in [9.17, 15) is 0 Å². The highest BCUT2D eigenvalue weighted by Crippen LogP contribution is 2.35. The molecule has 0 aliphatic rings. The van der Waals surface area contributed by atoms with Gasteiger partial charge >= 0.3 is 0 Å². The normalized spacial score (nSPS) is 10.3. The highest BCUT2D eigenvalue weighted by atomic mass is 35.5. The number of methoxy groups -OCH3 is 1. The number of thiophene rings is 1. The van der Waals surface area contributed by atoms with Crippen LogP contribution < -0.4 is 9.64 Å². The third kappa shape index (κ3) is 3.79. The first-order valence-electron chi connectivity index (χ1n) is 8.03. The molecule has 3 aromatic heterocycles. The van der Waals surface area contributed by atoms with Crippen LogP contribution in [-0.2, 0) is 0 Å². The van der Waals surface area contributed by atoms with Crippen molar-refractivity contribution >= 4 is 35.2 Å². The molecule has 0 aliphatic heterocycles. The minimum Gasteiger partial charge on any atom is -0.497 e. The van der Waals surface area contributed by atoms with E-state index in [1.807, 2.05) is 49.8 Å². The average Bonchev–Trinajstić information content (AvgIpc) is 3.41. The SMILES string of the molecule is COc1ccc(N(C)c2nc(-n3ccnc3)ncc2-c2cccs2)cc1.Cl. The monoisotopic (exact) mass is 399 g/mol. The number of aromatic nitrogens is 4.